The van der Waals surface area contributed by atoms with Crippen LogP contribution >= 0.6 is 0 Å². The topological polar surface area (TPSA) is 61.4 Å². The van der Waals surface area contributed by atoms with Crippen molar-refractivity contribution in [2.24, 2.45) is 0 Å². The molecule has 0 spiro atoms. The van der Waals surface area contributed by atoms with Gasteiger partial charge in [0.05, 0.1) is 0 Å². The summed E-state index contributed by atoms with van der Waals surface area (Å²) in [6, 6.07) is 13.0. The lowest BCUT2D eigenvalue weighted by Crippen LogP contribution is -2.26. The Balaban J connectivity index is 1.71. The van der Waals surface area contributed by atoms with Crippen LogP contribution in [0.5, 0.6) is 0 Å². The first-order valence-electron chi connectivity index (χ1n) is 7.58. The molecule has 0 aliphatic carbocycles. The standard InChI is InChI=1S/C18H19N3O2/c1-12-3-6-15(7-4-12)19-18(23)20-16-8-5-14-9-10-21(13(2)22)17(14)11-16/h3-8,11H,9-10H2,1-2H3,(H2,19,20,23). The number of fused-ring (bicyclic) bond motifs is 1. The summed E-state index contributed by atoms with van der Waals surface area (Å²) in [5.41, 5.74) is 4.55. The van der Waals surface area contributed by atoms with Crippen molar-refractivity contribution in [3.05, 3.63) is 53.6 Å². The van der Waals surface area contributed by atoms with Crippen molar-refractivity contribution in [1.82, 2.24) is 0 Å². The highest BCUT2D eigenvalue weighted by Crippen LogP contribution is 2.30. The molecule has 0 atom stereocenters. The largest absolute Gasteiger partial charge is 0.323 e. The number of benzene rings is 2. The number of nitrogens with one attached hydrogen (secondary N) is 2. The van der Waals surface area contributed by atoms with Gasteiger partial charge in [-0.1, -0.05) is 23.8 Å². The van der Waals surface area contributed by atoms with Crippen molar-refractivity contribution in [3.8, 4) is 0 Å². The predicted octanol–water partition coefficient (Wildman–Crippen LogP) is 3.55. The first-order valence-corrected chi connectivity index (χ1v) is 7.58. The van der Waals surface area contributed by atoms with Gasteiger partial charge in [0.15, 0.2) is 0 Å². The quantitative estimate of drug-likeness (QED) is 0.891. The summed E-state index contributed by atoms with van der Waals surface area (Å²) in [6.45, 7) is 4.25. The van der Waals surface area contributed by atoms with E-state index in [1.54, 1.807) is 11.8 Å². The zero-order valence-electron chi connectivity index (χ0n) is 13.2. The second-order valence-electron chi connectivity index (χ2n) is 5.71. The van der Waals surface area contributed by atoms with Crippen LogP contribution in [0.3, 0.4) is 0 Å². The monoisotopic (exact) mass is 309 g/mol. The number of hydrogen-bond donors (Lipinski definition) is 2. The second kappa shape index (κ2) is 6.12. The summed E-state index contributed by atoms with van der Waals surface area (Å²) in [7, 11) is 0. The van der Waals surface area contributed by atoms with Crippen molar-refractivity contribution in [3.63, 3.8) is 0 Å². The maximum absolute atomic E-state index is 12.1. The summed E-state index contributed by atoms with van der Waals surface area (Å²) in [5.74, 6) is 0.0185. The summed E-state index contributed by atoms with van der Waals surface area (Å²) < 4.78 is 0. The van der Waals surface area contributed by atoms with Crippen molar-refractivity contribution in [2.45, 2.75) is 20.3 Å². The van der Waals surface area contributed by atoms with Gasteiger partial charge in [0.1, 0.15) is 0 Å². The van der Waals surface area contributed by atoms with E-state index in [-0.39, 0.29) is 11.9 Å². The van der Waals surface area contributed by atoms with Gasteiger partial charge in [-0.15, -0.1) is 0 Å². The van der Waals surface area contributed by atoms with Crippen molar-refractivity contribution in [1.29, 1.82) is 0 Å². The highest BCUT2D eigenvalue weighted by atomic mass is 16.2. The van der Waals surface area contributed by atoms with Gasteiger partial charge < -0.3 is 15.5 Å². The molecule has 0 fully saturated rings. The van der Waals surface area contributed by atoms with Gasteiger partial charge in [0.25, 0.3) is 0 Å². The lowest BCUT2D eigenvalue weighted by molar-refractivity contribution is -0.116. The third-order valence-electron chi connectivity index (χ3n) is 3.93. The number of nitrogens with zero attached hydrogens (tertiary/aromatic N) is 1. The van der Waals surface area contributed by atoms with Crippen LogP contribution in [0.15, 0.2) is 42.5 Å². The Labute approximate surface area is 135 Å². The minimum atomic E-state index is -0.304. The summed E-state index contributed by atoms with van der Waals surface area (Å²) in [5, 5.41) is 5.59. The lowest BCUT2D eigenvalue weighted by atomic mass is 10.1. The first kappa shape index (κ1) is 15.1. The smallest absolute Gasteiger partial charge is 0.312 e. The number of urea groups is 1. The molecule has 2 aromatic carbocycles. The van der Waals surface area contributed by atoms with Gasteiger partial charge in [-0.05, 0) is 43.2 Å². The minimum Gasteiger partial charge on any atom is -0.312 e. The Morgan fingerprint density at radius 2 is 1.65 bits per heavy atom. The third kappa shape index (κ3) is 3.34. The molecule has 0 unspecified atom stereocenters. The van der Waals surface area contributed by atoms with E-state index in [9.17, 15) is 9.59 Å². The zero-order valence-corrected chi connectivity index (χ0v) is 13.2. The molecule has 0 saturated carbocycles. The Morgan fingerprint density at radius 3 is 2.35 bits per heavy atom. The second-order valence-corrected chi connectivity index (χ2v) is 5.71. The Bertz CT molecular complexity index is 753. The fraction of sp³-hybridized carbons (Fsp3) is 0.222. The highest BCUT2D eigenvalue weighted by molar-refractivity contribution is 6.01. The molecule has 0 saturated heterocycles. The van der Waals surface area contributed by atoms with Crippen LogP contribution in [0.25, 0.3) is 0 Å². The van der Waals surface area contributed by atoms with Crippen LogP contribution in [0, 0.1) is 6.92 Å². The molecule has 2 N–H and O–H groups in total. The van der Waals surface area contributed by atoms with Crippen LogP contribution in [0.2, 0.25) is 0 Å². The molecule has 1 aliphatic rings. The van der Waals surface area contributed by atoms with Gasteiger partial charge in [-0.25, -0.2) is 4.79 Å². The number of rotatable bonds is 2. The molecule has 2 aromatic rings. The van der Waals surface area contributed by atoms with Gasteiger partial charge in [-0.2, -0.15) is 0 Å². The van der Waals surface area contributed by atoms with E-state index in [2.05, 4.69) is 10.6 Å². The molecule has 3 amide bonds. The molecule has 5 nitrogen and oxygen atoms in total. The molecule has 1 heterocycles. The van der Waals surface area contributed by atoms with Crippen LogP contribution in [0.4, 0.5) is 21.9 Å². The molecule has 0 radical (unpaired) electrons. The summed E-state index contributed by atoms with van der Waals surface area (Å²) in [4.78, 5) is 25.5. The number of carbonyl (C=O) groups excluding carboxylic acids is 2. The maximum atomic E-state index is 12.1. The van der Waals surface area contributed by atoms with E-state index in [1.807, 2.05) is 49.4 Å². The zero-order chi connectivity index (χ0) is 16.4. The number of carbonyl (C=O) groups is 2. The summed E-state index contributed by atoms with van der Waals surface area (Å²) in [6.07, 6.45) is 0.852. The molecular formula is C18H19N3O2. The Hall–Kier alpha value is -2.82. The van der Waals surface area contributed by atoms with Crippen LogP contribution < -0.4 is 15.5 Å². The molecule has 5 heteroatoms. The normalized spacial score (nSPS) is 12.7. The predicted molar refractivity (Wildman–Crippen MR) is 92.0 cm³/mol. The number of hydrogen-bond acceptors (Lipinski definition) is 2. The molecule has 1 aliphatic heterocycles. The number of aryl methyl sites for hydroxylation is 1. The lowest BCUT2D eigenvalue weighted by Gasteiger charge is -2.16. The minimum absolute atomic E-state index is 0.0185. The Morgan fingerprint density at radius 1 is 1.00 bits per heavy atom. The van der Waals surface area contributed by atoms with Gasteiger partial charge in [0, 0.05) is 30.5 Å². The van der Waals surface area contributed by atoms with Crippen LogP contribution in [-0.4, -0.2) is 18.5 Å². The Kier molecular flexibility index (Phi) is 4.02. The molecule has 0 aromatic heterocycles. The van der Waals surface area contributed by atoms with E-state index in [0.717, 1.165) is 28.9 Å². The SMILES string of the molecule is CC(=O)N1CCc2ccc(NC(=O)Nc3ccc(C)cc3)cc21. The van der Waals surface area contributed by atoms with Crippen molar-refractivity contribution < 1.29 is 9.59 Å². The van der Waals surface area contributed by atoms with E-state index in [0.29, 0.717) is 12.2 Å². The number of anilines is 3. The molecule has 0 bridgehead atoms. The molecule has 118 valence electrons. The fourth-order valence-electron chi connectivity index (χ4n) is 2.71. The van der Waals surface area contributed by atoms with Gasteiger partial charge in [-0.3, -0.25) is 4.79 Å². The van der Waals surface area contributed by atoms with Gasteiger partial charge >= 0.3 is 6.03 Å². The van der Waals surface area contributed by atoms with E-state index in [4.69, 9.17) is 0 Å². The summed E-state index contributed by atoms with van der Waals surface area (Å²) >= 11 is 0. The van der Waals surface area contributed by atoms with Gasteiger partial charge in [0.2, 0.25) is 5.91 Å². The molecule has 3 rings (SSSR count). The average Bonchev–Trinajstić information content (AvgIpc) is 2.93. The van der Waals surface area contributed by atoms with Crippen molar-refractivity contribution in [2.75, 3.05) is 22.1 Å². The first-order chi connectivity index (χ1) is 11.0. The van der Waals surface area contributed by atoms with Crippen molar-refractivity contribution >= 4 is 29.0 Å². The number of amides is 3. The van der Waals surface area contributed by atoms with E-state index >= 15 is 0 Å². The molecule has 23 heavy (non-hydrogen) atoms. The fourth-order valence-corrected chi connectivity index (χ4v) is 2.71. The molecular weight excluding hydrogens is 290 g/mol. The highest BCUT2D eigenvalue weighted by Gasteiger charge is 2.22. The average molecular weight is 309 g/mol. The van der Waals surface area contributed by atoms with E-state index in [1.165, 1.54) is 0 Å². The van der Waals surface area contributed by atoms with Crippen LogP contribution in [0.1, 0.15) is 18.1 Å². The third-order valence-corrected chi connectivity index (χ3v) is 3.93. The maximum Gasteiger partial charge on any atom is 0.323 e. The van der Waals surface area contributed by atoms with E-state index < -0.39 is 0 Å². The van der Waals surface area contributed by atoms with Crippen LogP contribution in [-0.2, 0) is 11.2 Å².